The lowest BCUT2D eigenvalue weighted by Gasteiger charge is -1.77. The van der Waals surface area contributed by atoms with Crippen molar-refractivity contribution in [1.82, 2.24) is 0 Å². The lowest BCUT2D eigenvalue weighted by molar-refractivity contribution is -0.107. The first-order valence-electron chi connectivity index (χ1n) is 1.12. The van der Waals surface area contributed by atoms with Gasteiger partial charge < -0.3 is 10.5 Å². The molecule has 4 heteroatoms. The Hall–Kier alpha value is 0.210. The molecule has 0 aliphatic rings. The molecule has 0 fully saturated rings. The molecule has 1 unspecified atom stereocenters. The average molecular weight is 130 g/mol. The number of aldehydes is 1. The second-order valence-corrected chi connectivity index (χ2v) is 1.08. The molecule has 6 heavy (non-hydrogen) atoms. The Bertz CT molecular complexity index is 38.5. The van der Waals surface area contributed by atoms with Gasteiger partial charge in [0, 0.05) is 0 Å². The molecule has 0 amide bonds. The number of hydrogen-bond donors (Lipinski definition) is 1. The van der Waals surface area contributed by atoms with Crippen LogP contribution in [0.25, 0.3) is 0 Å². The number of rotatable bonds is 1. The van der Waals surface area contributed by atoms with Crippen molar-refractivity contribution in [2.24, 2.45) is 5.73 Å². The van der Waals surface area contributed by atoms with Gasteiger partial charge in [-0.2, -0.15) is 0 Å². The molecule has 0 aromatic rings. The monoisotopic (exact) mass is 129 g/mol. The highest BCUT2D eigenvalue weighted by Crippen LogP contribution is 1.72. The zero-order valence-corrected chi connectivity index (χ0v) is 4.50. The molecule has 0 rings (SSSR count). The van der Waals surface area contributed by atoms with E-state index in [2.05, 4.69) is 5.73 Å². The first kappa shape index (κ1) is 9.51. The lowest BCUT2D eigenvalue weighted by Crippen LogP contribution is -2.11. The number of alkyl halides is 1. The summed E-state index contributed by atoms with van der Waals surface area (Å²) in [5, 5.41) is 0. The Kier molecular flexibility index (Phi) is 8.26. The van der Waals surface area contributed by atoms with Crippen molar-refractivity contribution in [3.05, 3.63) is 0 Å². The van der Waals surface area contributed by atoms with Crippen LogP contribution in [0.4, 0.5) is 0 Å². The van der Waals surface area contributed by atoms with E-state index in [1.165, 1.54) is 0 Å². The summed E-state index contributed by atoms with van der Waals surface area (Å²) in [4.78, 5) is 9.25. The van der Waals surface area contributed by atoms with Gasteiger partial charge in [-0.15, -0.1) is 12.4 Å². The molecule has 0 saturated heterocycles. The third-order valence-corrected chi connectivity index (χ3v) is 0.233. The van der Waals surface area contributed by atoms with Crippen LogP contribution in [-0.4, -0.2) is 11.8 Å². The first-order valence-corrected chi connectivity index (χ1v) is 1.56. The molecule has 0 aromatic carbocycles. The minimum atomic E-state index is -0.824. The maximum absolute atomic E-state index is 9.25. The highest BCUT2D eigenvalue weighted by molar-refractivity contribution is 6.26. The molecule has 0 aliphatic carbocycles. The van der Waals surface area contributed by atoms with Crippen LogP contribution < -0.4 is 5.73 Å². The van der Waals surface area contributed by atoms with Gasteiger partial charge in [-0.1, -0.05) is 11.6 Å². The van der Waals surface area contributed by atoms with Crippen molar-refractivity contribution in [1.29, 1.82) is 0 Å². The summed E-state index contributed by atoms with van der Waals surface area (Å²) in [6, 6.07) is 0. The number of carbonyl (C=O) groups is 1. The Morgan fingerprint density at radius 1 is 1.83 bits per heavy atom. The molecule has 0 heterocycles. The SMILES string of the molecule is Cl.NC(Cl)C=O. The van der Waals surface area contributed by atoms with Crippen LogP contribution >= 0.6 is 24.0 Å². The average Bonchev–Trinajstić information content (AvgIpc) is 1.38. The molecule has 2 N–H and O–H groups in total. The van der Waals surface area contributed by atoms with Crippen molar-refractivity contribution in [2.75, 3.05) is 0 Å². The van der Waals surface area contributed by atoms with Gasteiger partial charge in [0.15, 0.2) is 6.29 Å². The van der Waals surface area contributed by atoms with Crippen molar-refractivity contribution in [3.8, 4) is 0 Å². The fraction of sp³-hybridized carbons (Fsp3) is 0.500. The van der Waals surface area contributed by atoms with Crippen LogP contribution in [0.1, 0.15) is 0 Å². The summed E-state index contributed by atoms with van der Waals surface area (Å²) in [5.41, 5.74) is 3.86. The zero-order chi connectivity index (χ0) is 4.28. The van der Waals surface area contributed by atoms with Gasteiger partial charge in [0.05, 0.1) is 0 Å². The van der Waals surface area contributed by atoms with Crippen LogP contribution in [0.15, 0.2) is 0 Å². The maximum atomic E-state index is 9.25. The molecule has 38 valence electrons. The van der Waals surface area contributed by atoms with Gasteiger partial charge in [0.1, 0.15) is 5.50 Å². The summed E-state index contributed by atoms with van der Waals surface area (Å²) < 4.78 is 0. The summed E-state index contributed by atoms with van der Waals surface area (Å²) in [7, 11) is 0. The summed E-state index contributed by atoms with van der Waals surface area (Å²) in [5.74, 6) is 0. The molecular formula is C2H5Cl2NO. The Morgan fingerprint density at radius 3 is 2.00 bits per heavy atom. The summed E-state index contributed by atoms with van der Waals surface area (Å²) in [6.45, 7) is 0. The van der Waals surface area contributed by atoms with E-state index < -0.39 is 5.50 Å². The Balaban J connectivity index is 0. The second-order valence-electron chi connectivity index (χ2n) is 0.581. The number of nitrogens with two attached hydrogens (primary N) is 1. The van der Waals surface area contributed by atoms with Crippen molar-refractivity contribution < 1.29 is 4.79 Å². The van der Waals surface area contributed by atoms with E-state index >= 15 is 0 Å². The standard InChI is InChI=1S/C2H4ClNO.ClH/c3-2(4)1-5;/h1-2H,4H2;1H. The topological polar surface area (TPSA) is 43.1 Å². The van der Waals surface area contributed by atoms with Crippen LogP contribution in [0, 0.1) is 0 Å². The number of halogens is 2. The van der Waals surface area contributed by atoms with Crippen LogP contribution in [0.5, 0.6) is 0 Å². The van der Waals surface area contributed by atoms with Crippen LogP contribution in [0.3, 0.4) is 0 Å². The molecule has 2 nitrogen and oxygen atoms in total. The largest absolute Gasteiger partial charge is 0.309 e. The van der Waals surface area contributed by atoms with Gasteiger partial charge in [-0.3, -0.25) is 0 Å². The van der Waals surface area contributed by atoms with Gasteiger partial charge in [0.2, 0.25) is 0 Å². The van der Waals surface area contributed by atoms with E-state index in [9.17, 15) is 4.79 Å². The van der Waals surface area contributed by atoms with Gasteiger partial charge in [-0.05, 0) is 0 Å². The van der Waals surface area contributed by atoms with Crippen LogP contribution in [0.2, 0.25) is 0 Å². The fourth-order valence-electron chi connectivity index (χ4n) is 0. The highest BCUT2D eigenvalue weighted by Gasteiger charge is 1.82. The molecule has 0 bridgehead atoms. The molecule has 0 aromatic heterocycles. The van der Waals surface area contributed by atoms with Gasteiger partial charge in [-0.25, -0.2) is 0 Å². The third kappa shape index (κ3) is 8.88. The van der Waals surface area contributed by atoms with Crippen LogP contribution in [-0.2, 0) is 4.79 Å². The lowest BCUT2D eigenvalue weighted by atomic mass is 10.8. The highest BCUT2D eigenvalue weighted by atomic mass is 35.5. The van der Waals surface area contributed by atoms with E-state index in [0.717, 1.165) is 0 Å². The predicted octanol–water partition coefficient (Wildman–Crippen LogP) is 0.131. The fourth-order valence-corrected chi connectivity index (χ4v) is 0. The van der Waals surface area contributed by atoms with Crippen molar-refractivity contribution in [3.63, 3.8) is 0 Å². The third-order valence-electron chi connectivity index (χ3n) is 0.130. The van der Waals surface area contributed by atoms with E-state index in [-0.39, 0.29) is 12.4 Å². The van der Waals surface area contributed by atoms with E-state index in [1.807, 2.05) is 0 Å². The summed E-state index contributed by atoms with van der Waals surface area (Å²) >= 11 is 4.87. The molecule has 0 radical (unpaired) electrons. The van der Waals surface area contributed by atoms with E-state index in [0.29, 0.717) is 6.29 Å². The normalized spacial score (nSPS) is 11.7. The zero-order valence-electron chi connectivity index (χ0n) is 2.93. The summed E-state index contributed by atoms with van der Waals surface area (Å²) in [6.07, 6.45) is 0.460. The molecular weight excluding hydrogens is 125 g/mol. The number of carbonyl (C=O) groups excluding carboxylic acids is 1. The number of hydrogen-bond acceptors (Lipinski definition) is 2. The molecule has 0 spiro atoms. The van der Waals surface area contributed by atoms with Crippen molar-refractivity contribution >= 4 is 30.3 Å². The Morgan fingerprint density at radius 2 is 2.00 bits per heavy atom. The first-order chi connectivity index (χ1) is 2.27. The molecule has 1 atom stereocenters. The van der Waals surface area contributed by atoms with Gasteiger partial charge in [0.25, 0.3) is 0 Å². The van der Waals surface area contributed by atoms with Crippen molar-refractivity contribution in [2.45, 2.75) is 5.50 Å². The molecule has 0 saturated carbocycles. The minimum absolute atomic E-state index is 0. The quantitative estimate of drug-likeness (QED) is 0.311. The maximum Gasteiger partial charge on any atom is 0.151 e. The Labute approximate surface area is 47.1 Å². The van der Waals surface area contributed by atoms with Gasteiger partial charge >= 0.3 is 0 Å². The molecule has 0 aliphatic heterocycles. The predicted molar refractivity (Wildman–Crippen MR) is 27.1 cm³/mol. The van der Waals surface area contributed by atoms with E-state index in [4.69, 9.17) is 11.6 Å². The van der Waals surface area contributed by atoms with E-state index in [1.54, 1.807) is 0 Å². The smallest absolute Gasteiger partial charge is 0.151 e. The second kappa shape index (κ2) is 5.21. The minimum Gasteiger partial charge on any atom is -0.309 e.